The summed E-state index contributed by atoms with van der Waals surface area (Å²) in [4.78, 5) is 11.6. The van der Waals surface area contributed by atoms with Gasteiger partial charge in [-0.25, -0.2) is 9.97 Å². The minimum atomic E-state index is 0.190. The quantitative estimate of drug-likeness (QED) is 0.709. The maximum Gasteiger partial charge on any atom is 0.177 e. The van der Waals surface area contributed by atoms with Gasteiger partial charge < -0.3 is 10.6 Å². The molecule has 8 nitrogen and oxygen atoms in total. The fraction of sp³-hybridized carbons (Fsp3) is 0.500. The lowest BCUT2D eigenvalue weighted by Crippen LogP contribution is -2.48. The van der Waals surface area contributed by atoms with Gasteiger partial charge in [-0.05, 0) is 30.7 Å². The largest absolute Gasteiger partial charge is 0.355 e. The van der Waals surface area contributed by atoms with Crippen molar-refractivity contribution in [2.24, 2.45) is 11.1 Å². The Morgan fingerprint density at radius 3 is 2.85 bits per heavy atom. The molecule has 0 radical (unpaired) electrons. The summed E-state index contributed by atoms with van der Waals surface area (Å²) >= 11 is 6.14. The summed E-state index contributed by atoms with van der Waals surface area (Å²) in [5.74, 6) is 0.851. The number of aromatic nitrogens is 6. The molecular formula is C18H23ClN8. The van der Waals surface area contributed by atoms with Crippen LogP contribution in [0.5, 0.6) is 0 Å². The highest BCUT2D eigenvalue weighted by Crippen LogP contribution is 2.36. The average molecular weight is 387 g/mol. The summed E-state index contributed by atoms with van der Waals surface area (Å²) in [5.41, 5.74) is 9.13. The Hall–Kier alpha value is -2.32. The molecule has 0 bridgehead atoms. The fourth-order valence-electron chi connectivity index (χ4n) is 3.73. The van der Waals surface area contributed by atoms with Gasteiger partial charge in [-0.2, -0.15) is 10.2 Å². The van der Waals surface area contributed by atoms with E-state index in [0.717, 1.165) is 38.2 Å². The molecule has 3 aromatic heterocycles. The van der Waals surface area contributed by atoms with E-state index in [-0.39, 0.29) is 11.5 Å². The molecule has 0 spiro atoms. The van der Waals surface area contributed by atoms with Crippen LogP contribution in [0.1, 0.15) is 33.1 Å². The standard InChI is InChI=1S/C18H23ClN8/c1-3-12(20)18(2)5-8-27(9-6-18)13-10-21-15-14(24-26-17(15)23-13)11-4-7-22-25-16(11)19/h4,7,10,12H,3,5-6,8-9,20H2,1-2H3,(H,23,24,26). The molecule has 4 rings (SSSR count). The van der Waals surface area contributed by atoms with E-state index in [1.807, 2.05) is 0 Å². The molecule has 1 fully saturated rings. The van der Waals surface area contributed by atoms with Gasteiger partial charge in [0, 0.05) is 24.7 Å². The molecule has 1 atom stereocenters. The van der Waals surface area contributed by atoms with Crippen LogP contribution >= 0.6 is 11.6 Å². The minimum Gasteiger partial charge on any atom is -0.355 e. The van der Waals surface area contributed by atoms with Crippen molar-refractivity contribution in [2.75, 3.05) is 18.0 Å². The summed E-state index contributed by atoms with van der Waals surface area (Å²) < 4.78 is 0. The van der Waals surface area contributed by atoms with Crippen LogP contribution in [0.25, 0.3) is 22.4 Å². The van der Waals surface area contributed by atoms with Crippen LogP contribution in [0.3, 0.4) is 0 Å². The highest BCUT2D eigenvalue weighted by molar-refractivity contribution is 6.32. The zero-order valence-electron chi connectivity index (χ0n) is 15.5. The molecule has 4 heterocycles. The summed E-state index contributed by atoms with van der Waals surface area (Å²) in [5, 5.41) is 15.2. The van der Waals surface area contributed by atoms with Gasteiger partial charge in [0.25, 0.3) is 0 Å². The highest BCUT2D eigenvalue weighted by Gasteiger charge is 2.35. The fourth-order valence-corrected chi connectivity index (χ4v) is 3.93. The molecular weight excluding hydrogens is 364 g/mol. The van der Waals surface area contributed by atoms with Crippen LogP contribution in [0.2, 0.25) is 5.15 Å². The Bertz CT molecular complexity index is 947. The first-order chi connectivity index (χ1) is 13.0. The third-order valence-corrected chi connectivity index (χ3v) is 6.03. The van der Waals surface area contributed by atoms with Gasteiger partial charge in [0.2, 0.25) is 0 Å². The third-order valence-electron chi connectivity index (χ3n) is 5.75. The van der Waals surface area contributed by atoms with E-state index in [0.29, 0.717) is 27.6 Å². The molecule has 0 amide bonds. The molecule has 1 aliphatic heterocycles. The monoisotopic (exact) mass is 386 g/mol. The third kappa shape index (κ3) is 3.23. The average Bonchev–Trinajstić information content (AvgIpc) is 3.11. The second kappa shape index (κ2) is 7.01. The lowest BCUT2D eigenvalue weighted by molar-refractivity contribution is 0.190. The number of anilines is 1. The van der Waals surface area contributed by atoms with Crippen LogP contribution in [-0.2, 0) is 0 Å². The summed E-state index contributed by atoms with van der Waals surface area (Å²) in [6.45, 7) is 6.29. The Morgan fingerprint density at radius 2 is 2.15 bits per heavy atom. The Kier molecular flexibility index (Phi) is 4.69. The molecule has 9 heteroatoms. The number of hydrogen-bond donors (Lipinski definition) is 2. The number of fused-ring (bicyclic) bond motifs is 1. The van der Waals surface area contributed by atoms with Crippen molar-refractivity contribution in [1.29, 1.82) is 0 Å². The Labute approximate surface area is 162 Å². The lowest BCUT2D eigenvalue weighted by atomic mass is 9.73. The molecule has 3 N–H and O–H groups in total. The second-order valence-corrected chi connectivity index (χ2v) is 7.75. The molecule has 1 saturated heterocycles. The van der Waals surface area contributed by atoms with Gasteiger partial charge in [-0.1, -0.05) is 25.4 Å². The molecule has 1 aliphatic rings. The van der Waals surface area contributed by atoms with E-state index in [2.05, 4.69) is 44.1 Å². The maximum absolute atomic E-state index is 6.33. The number of nitrogens with two attached hydrogens (primary N) is 1. The van der Waals surface area contributed by atoms with Crippen molar-refractivity contribution in [3.8, 4) is 11.3 Å². The first-order valence-electron chi connectivity index (χ1n) is 9.21. The van der Waals surface area contributed by atoms with Crippen LogP contribution in [-0.4, -0.2) is 49.5 Å². The number of aromatic amines is 1. The van der Waals surface area contributed by atoms with Crippen LogP contribution in [0.15, 0.2) is 18.5 Å². The van der Waals surface area contributed by atoms with Gasteiger partial charge in [-0.15, -0.1) is 5.10 Å². The molecule has 3 aromatic rings. The van der Waals surface area contributed by atoms with Crippen molar-refractivity contribution in [3.05, 3.63) is 23.6 Å². The van der Waals surface area contributed by atoms with Crippen molar-refractivity contribution in [1.82, 2.24) is 30.4 Å². The number of hydrogen-bond acceptors (Lipinski definition) is 7. The van der Waals surface area contributed by atoms with Crippen molar-refractivity contribution < 1.29 is 0 Å². The first kappa shape index (κ1) is 18.1. The number of nitrogens with one attached hydrogen (secondary N) is 1. The predicted octanol–water partition coefficient (Wildman–Crippen LogP) is 2.81. The van der Waals surface area contributed by atoms with Crippen LogP contribution in [0.4, 0.5) is 5.82 Å². The number of nitrogens with zero attached hydrogens (tertiary/aromatic N) is 6. The van der Waals surface area contributed by atoms with Gasteiger partial charge in [0.1, 0.15) is 17.0 Å². The van der Waals surface area contributed by atoms with Gasteiger partial charge in [0.05, 0.1) is 12.4 Å². The van der Waals surface area contributed by atoms with Crippen molar-refractivity contribution >= 4 is 28.6 Å². The predicted molar refractivity (Wildman–Crippen MR) is 106 cm³/mol. The maximum atomic E-state index is 6.33. The zero-order valence-corrected chi connectivity index (χ0v) is 16.2. The SMILES string of the molecule is CCC(N)C1(C)CCN(c2cnc3c(-c4ccnnc4Cl)n[nH]c3n2)CC1. The molecule has 0 saturated carbocycles. The van der Waals surface area contributed by atoms with Gasteiger partial charge in [0.15, 0.2) is 10.8 Å². The number of H-pyrrole nitrogens is 1. The van der Waals surface area contributed by atoms with E-state index in [1.165, 1.54) is 0 Å². The number of rotatable bonds is 4. The second-order valence-electron chi connectivity index (χ2n) is 7.39. The van der Waals surface area contributed by atoms with E-state index < -0.39 is 0 Å². The smallest absolute Gasteiger partial charge is 0.177 e. The zero-order chi connectivity index (χ0) is 19.0. The van der Waals surface area contributed by atoms with E-state index >= 15 is 0 Å². The number of halogens is 1. The lowest BCUT2D eigenvalue weighted by Gasteiger charge is -2.43. The summed E-state index contributed by atoms with van der Waals surface area (Å²) in [6, 6.07) is 2.00. The van der Waals surface area contributed by atoms with Crippen molar-refractivity contribution in [2.45, 2.75) is 39.2 Å². The van der Waals surface area contributed by atoms with Gasteiger partial charge >= 0.3 is 0 Å². The highest BCUT2D eigenvalue weighted by atomic mass is 35.5. The van der Waals surface area contributed by atoms with E-state index in [1.54, 1.807) is 18.5 Å². The molecule has 0 aromatic carbocycles. The van der Waals surface area contributed by atoms with Crippen LogP contribution in [0, 0.1) is 5.41 Å². The molecule has 1 unspecified atom stereocenters. The molecule has 142 valence electrons. The summed E-state index contributed by atoms with van der Waals surface area (Å²) in [7, 11) is 0. The first-order valence-corrected chi connectivity index (χ1v) is 9.59. The topological polar surface area (TPSA) is 110 Å². The normalized spacial score (nSPS) is 18.0. The van der Waals surface area contributed by atoms with E-state index in [4.69, 9.17) is 22.3 Å². The number of piperidine rings is 1. The Morgan fingerprint density at radius 1 is 1.37 bits per heavy atom. The Balaban J connectivity index is 1.58. The van der Waals surface area contributed by atoms with Crippen LogP contribution < -0.4 is 10.6 Å². The summed E-state index contributed by atoms with van der Waals surface area (Å²) in [6.07, 6.45) is 6.48. The molecule has 27 heavy (non-hydrogen) atoms. The minimum absolute atomic E-state index is 0.190. The molecule has 0 aliphatic carbocycles. The van der Waals surface area contributed by atoms with Crippen molar-refractivity contribution in [3.63, 3.8) is 0 Å². The van der Waals surface area contributed by atoms with E-state index in [9.17, 15) is 0 Å². The van der Waals surface area contributed by atoms with Gasteiger partial charge in [-0.3, -0.25) is 5.10 Å².